The number of thiophene rings is 1. The number of nitrogens with one attached hydrogen (secondary N) is 1. The van der Waals surface area contributed by atoms with E-state index in [1.54, 1.807) is 0 Å². The highest BCUT2D eigenvalue weighted by atomic mass is 32.1. The third-order valence-corrected chi connectivity index (χ3v) is 4.19. The van der Waals surface area contributed by atoms with Crippen molar-refractivity contribution in [2.45, 2.75) is 13.5 Å². The molecule has 3 aromatic rings. The van der Waals surface area contributed by atoms with Gasteiger partial charge < -0.3 is 5.32 Å². The molecule has 0 radical (unpaired) electrons. The van der Waals surface area contributed by atoms with Crippen molar-refractivity contribution < 1.29 is 0 Å². The summed E-state index contributed by atoms with van der Waals surface area (Å²) < 4.78 is 0. The fourth-order valence-electron chi connectivity index (χ4n) is 2.07. The van der Waals surface area contributed by atoms with Crippen LogP contribution in [0.25, 0.3) is 10.8 Å². The number of benzene rings is 2. The van der Waals surface area contributed by atoms with Crippen molar-refractivity contribution in [2.75, 3.05) is 5.32 Å². The molecule has 0 aliphatic rings. The maximum atomic E-state index is 3.49. The highest BCUT2D eigenvalue weighted by molar-refractivity contribution is 7.10. The lowest BCUT2D eigenvalue weighted by Crippen LogP contribution is -1.98. The van der Waals surface area contributed by atoms with E-state index in [0.717, 1.165) is 6.54 Å². The van der Waals surface area contributed by atoms with Gasteiger partial charge in [-0.2, -0.15) is 0 Å². The molecule has 1 N–H and O–H groups in total. The molecular weight excluding hydrogens is 238 g/mol. The second-order valence-corrected chi connectivity index (χ2v) is 5.44. The Labute approximate surface area is 111 Å². The van der Waals surface area contributed by atoms with E-state index in [9.17, 15) is 0 Å². The minimum absolute atomic E-state index is 0.905. The SMILES string of the molecule is Cc1ccsc1CNc1ccc2ccccc2c1. The van der Waals surface area contributed by atoms with Crippen molar-refractivity contribution in [1.82, 2.24) is 0 Å². The Morgan fingerprint density at radius 1 is 1.00 bits per heavy atom. The Kier molecular flexibility index (Phi) is 3.03. The molecule has 2 aromatic carbocycles. The molecule has 0 aliphatic carbocycles. The van der Waals surface area contributed by atoms with Gasteiger partial charge in [-0.1, -0.05) is 30.3 Å². The number of aryl methyl sites for hydroxylation is 1. The molecule has 0 amide bonds. The molecule has 3 rings (SSSR count). The average Bonchev–Trinajstić information content (AvgIpc) is 2.82. The van der Waals surface area contributed by atoms with Crippen LogP contribution in [-0.4, -0.2) is 0 Å². The van der Waals surface area contributed by atoms with Crippen molar-refractivity contribution in [3.05, 3.63) is 64.4 Å². The van der Waals surface area contributed by atoms with Gasteiger partial charge in [0.25, 0.3) is 0 Å². The van der Waals surface area contributed by atoms with Crippen LogP contribution in [0, 0.1) is 6.92 Å². The molecule has 2 heteroatoms. The summed E-state index contributed by atoms with van der Waals surface area (Å²) >= 11 is 1.81. The van der Waals surface area contributed by atoms with E-state index in [2.05, 4.69) is 66.2 Å². The summed E-state index contributed by atoms with van der Waals surface area (Å²) in [6.07, 6.45) is 0. The number of anilines is 1. The van der Waals surface area contributed by atoms with E-state index in [1.807, 2.05) is 11.3 Å². The largest absolute Gasteiger partial charge is 0.380 e. The van der Waals surface area contributed by atoms with Crippen molar-refractivity contribution in [1.29, 1.82) is 0 Å². The van der Waals surface area contributed by atoms with E-state index >= 15 is 0 Å². The molecule has 0 spiro atoms. The molecule has 0 atom stereocenters. The standard InChI is InChI=1S/C16H15NS/c1-12-8-9-18-16(12)11-17-15-7-6-13-4-2-3-5-14(13)10-15/h2-10,17H,11H2,1H3. The smallest absolute Gasteiger partial charge is 0.0496 e. The first-order chi connectivity index (χ1) is 8.83. The first-order valence-electron chi connectivity index (χ1n) is 6.08. The summed E-state index contributed by atoms with van der Waals surface area (Å²) in [5.74, 6) is 0. The Morgan fingerprint density at radius 2 is 1.83 bits per heavy atom. The average molecular weight is 253 g/mol. The fourth-order valence-corrected chi connectivity index (χ4v) is 2.91. The quantitative estimate of drug-likeness (QED) is 0.705. The zero-order valence-electron chi connectivity index (χ0n) is 10.3. The summed E-state index contributed by atoms with van der Waals surface area (Å²) in [6.45, 7) is 3.07. The molecule has 0 saturated carbocycles. The molecule has 0 bridgehead atoms. The van der Waals surface area contributed by atoms with E-state index in [-0.39, 0.29) is 0 Å². The topological polar surface area (TPSA) is 12.0 Å². The van der Waals surface area contributed by atoms with Crippen molar-refractivity contribution in [3.63, 3.8) is 0 Å². The van der Waals surface area contributed by atoms with Gasteiger partial charge in [0.05, 0.1) is 0 Å². The number of hydrogen-bond acceptors (Lipinski definition) is 2. The van der Waals surface area contributed by atoms with Crippen molar-refractivity contribution in [2.24, 2.45) is 0 Å². The number of rotatable bonds is 3. The number of hydrogen-bond donors (Lipinski definition) is 1. The molecule has 90 valence electrons. The van der Waals surface area contributed by atoms with Gasteiger partial charge in [-0.15, -0.1) is 11.3 Å². The Hall–Kier alpha value is -1.80. The van der Waals surface area contributed by atoms with Gasteiger partial charge in [-0.05, 0) is 46.8 Å². The molecule has 1 nitrogen and oxygen atoms in total. The molecule has 1 heterocycles. The number of fused-ring (bicyclic) bond motifs is 1. The van der Waals surface area contributed by atoms with E-state index in [1.165, 1.54) is 26.9 Å². The second kappa shape index (κ2) is 4.83. The Bertz CT molecular complexity index is 669. The maximum Gasteiger partial charge on any atom is 0.0496 e. The van der Waals surface area contributed by atoms with Gasteiger partial charge in [-0.3, -0.25) is 0 Å². The van der Waals surface area contributed by atoms with Crippen molar-refractivity contribution in [3.8, 4) is 0 Å². The first-order valence-corrected chi connectivity index (χ1v) is 6.96. The van der Waals surface area contributed by atoms with Gasteiger partial charge in [0, 0.05) is 17.1 Å². The van der Waals surface area contributed by atoms with Crippen LogP contribution >= 0.6 is 11.3 Å². The molecule has 0 saturated heterocycles. The van der Waals surface area contributed by atoms with Crippen molar-refractivity contribution >= 4 is 27.8 Å². The van der Waals surface area contributed by atoms with Crippen LogP contribution in [0.5, 0.6) is 0 Å². The first kappa shape index (κ1) is 11.3. The highest BCUT2D eigenvalue weighted by Gasteiger charge is 2.00. The zero-order chi connectivity index (χ0) is 12.4. The normalized spacial score (nSPS) is 10.7. The van der Waals surface area contributed by atoms with Crippen LogP contribution in [0.4, 0.5) is 5.69 Å². The van der Waals surface area contributed by atoms with Crippen LogP contribution in [0.2, 0.25) is 0 Å². The van der Waals surface area contributed by atoms with Crippen LogP contribution < -0.4 is 5.32 Å². The van der Waals surface area contributed by atoms with E-state index in [0.29, 0.717) is 0 Å². The third kappa shape index (κ3) is 2.24. The lowest BCUT2D eigenvalue weighted by atomic mass is 10.1. The second-order valence-electron chi connectivity index (χ2n) is 4.44. The van der Waals surface area contributed by atoms with Crippen LogP contribution in [0.15, 0.2) is 53.9 Å². The molecule has 0 fully saturated rings. The predicted octanol–water partition coefficient (Wildman–Crippen LogP) is 4.82. The summed E-state index contributed by atoms with van der Waals surface area (Å²) in [6, 6.07) is 17.1. The van der Waals surface area contributed by atoms with E-state index < -0.39 is 0 Å². The zero-order valence-corrected chi connectivity index (χ0v) is 11.1. The molecule has 18 heavy (non-hydrogen) atoms. The third-order valence-electron chi connectivity index (χ3n) is 3.17. The van der Waals surface area contributed by atoms with Gasteiger partial charge in [-0.25, -0.2) is 0 Å². The van der Waals surface area contributed by atoms with Crippen LogP contribution in [0.3, 0.4) is 0 Å². The van der Waals surface area contributed by atoms with E-state index in [4.69, 9.17) is 0 Å². The lowest BCUT2D eigenvalue weighted by molar-refractivity contribution is 1.17. The monoisotopic (exact) mass is 253 g/mol. The van der Waals surface area contributed by atoms with Gasteiger partial charge in [0.15, 0.2) is 0 Å². The van der Waals surface area contributed by atoms with Crippen LogP contribution in [0.1, 0.15) is 10.4 Å². The van der Waals surface area contributed by atoms with Crippen LogP contribution in [-0.2, 0) is 6.54 Å². The molecule has 0 aliphatic heterocycles. The Balaban J connectivity index is 1.81. The highest BCUT2D eigenvalue weighted by Crippen LogP contribution is 2.21. The predicted molar refractivity (Wildman–Crippen MR) is 80.3 cm³/mol. The van der Waals surface area contributed by atoms with Gasteiger partial charge in [0.2, 0.25) is 0 Å². The summed E-state index contributed by atoms with van der Waals surface area (Å²) in [4.78, 5) is 1.41. The van der Waals surface area contributed by atoms with Gasteiger partial charge >= 0.3 is 0 Å². The summed E-state index contributed by atoms with van der Waals surface area (Å²) in [5, 5.41) is 8.21. The maximum absolute atomic E-state index is 3.49. The van der Waals surface area contributed by atoms with Gasteiger partial charge in [0.1, 0.15) is 0 Å². The minimum atomic E-state index is 0.905. The lowest BCUT2D eigenvalue weighted by Gasteiger charge is -2.07. The molecule has 1 aromatic heterocycles. The minimum Gasteiger partial charge on any atom is -0.380 e. The summed E-state index contributed by atoms with van der Waals surface area (Å²) in [7, 11) is 0. The molecular formula is C16H15NS. The summed E-state index contributed by atoms with van der Waals surface area (Å²) in [5.41, 5.74) is 2.55. The molecule has 0 unspecified atom stereocenters. The Morgan fingerprint density at radius 3 is 2.61 bits per heavy atom. The fraction of sp³-hybridized carbons (Fsp3) is 0.125.